The highest BCUT2D eigenvalue weighted by Gasteiger charge is 2.19. The van der Waals surface area contributed by atoms with Crippen molar-refractivity contribution < 1.29 is 28.6 Å². The number of unbranched alkanes of at least 4 members (excludes halogenated alkanes) is 35. The minimum Gasteiger partial charge on any atom is -0.462 e. The largest absolute Gasteiger partial charge is 0.462 e. The maximum absolute atomic E-state index is 12.8. The van der Waals surface area contributed by atoms with E-state index in [4.69, 9.17) is 14.2 Å². The molecule has 0 saturated heterocycles. The predicted molar refractivity (Wildman–Crippen MR) is 293 cm³/mol. The van der Waals surface area contributed by atoms with Crippen molar-refractivity contribution in [2.24, 2.45) is 0 Å². The van der Waals surface area contributed by atoms with E-state index in [0.29, 0.717) is 19.3 Å². The Kier molecular flexibility index (Phi) is 54.8. The van der Waals surface area contributed by atoms with Crippen LogP contribution in [0, 0.1) is 0 Å². The van der Waals surface area contributed by atoms with Gasteiger partial charge in [-0.3, -0.25) is 14.4 Å². The molecule has 0 amide bonds. The zero-order chi connectivity index (χ0) is 49.3. The van der Waals surface area contributed by atoms with Gasteiger partial charge >= 0.3 is 17.9 Å². The molecule has 0 aliphatic rings. The summed E-state index contributed by atoms with van der Waals surface area (Å²) in [5.41, 5.74) is 0. The van der Waals surface area contributed by atoms with Crippen molar-refractivity contribution in [1.29, 1.82) is 0 Å². The Hall–Kier alpha value is -2.63. The summed E-state index contributed by atoms with van der Waals surface area (Å²) < 4.78 is 16.8. The minimum atomic E-state index is -0.782. The number of rotatable bonds is 54. The molecule has 1 atom stereocenters. The van der Waals surface area contributed by atoms with Gasteiger partial charge < -0.3 is 14.2 Å². The quantitative estimate of drug-likeness (QED) is 0.0262. The summed E-state index contributed by atoms with van der Waals surface area (Å²) in [7, 11) is 0. The SMILES string of the molecule is CCC/C=C\C/C=C\CCCCCCCC(=O)OC(COC(=O)CCCCCCC/C=C\CCCCC)COC(=O)CCCCCCCCCCCCCCC/C=C\CCCCCCCCCC. The smallest absolute Gasteiger partial charge is 0.306 e. The van der Waals surface area contributed by atoms with E-state index in [1.807, 2.05) is 0 Å². The van der Waals surface area contributed by atoms with Crippen molar-refractivity contribution in [2.45, 2.75) is 316 Å². The lowest BCUT2D eigenvalue weighted by molar-refractivity contribution is -0.167. The van der Waals surface area contributed by atoms with Gasteiger partial charge in [0.25, 0.3) is 0 Å². The summed E-state index contributed by atoms with van der Waals surface area (Å²) >= 11 is 0. The van der Waals surface area contributed by atoms with E-state index < -0.39 is 6.10 Å². The molecule has 0 aliphatic heterocycles. The molecule has 1 unspecified atom stereocenters. The van der Waals surface area contributed by atoms with Crippen LogP contribution in [-0.2, 0) is 28.6 Å². The molecule has 6 heteroatoms. The van der Waals surface area contributed by atoms with Crippen molar-refractivity contribution in [2.75, 3.05) is 13.2 Å². The van der Waals surface area contributed by atoms with E-state index in [9.17, 15) is 14.4 Å². The fourth-order valence-electron chi connectivity index (χ4n) is 8.53. The standard InChI is InChI=1S/C62H112O6/c1-4-7-10-13-16-19-22-25-26-27-28-29-30-31-32-33-34-35-36-38-40-43-46-49-52-55-61(64)67-58-59(57-66-60(63)54-51-48-45-42-39-24-21-18-15-12-9-6-3)68-62(65)56-53-50-47-44-41-37-23-20-17-14-11-8-5-2/h11,14,18,20-21,23,27-28,59H,4-10,12-13,15-17,19,22,24-26,29-58H2,1-3H3/b14-11-,21-18-,23-20-,28-27-. The maximum atomic E-state index is 12.8. The highest BCUT2D eigenvalue weighted by atomic mass is 16.6. The van der Waals surface area contributed by atoms with Crippen LogP contribution in [0.2, 0.25) is 0 Å². The van der Waals surface area contributed by atoms with E-state index in [1.54, 1.807) is 0 Å². The van der Waals surface area contributed by atoms with Crippen LogP contribution in [0.15, 0.2) is 48.6 Å². The van der Waals surface area contributed by atoms with Crippen molar-refractivity contribution in [1.82, 2.24) is 0 Å². The molecular formula is C62H112O6. The van der Waals surface area contributed by atoms with E-state index in [1.165, 1.54) is 173 Å². The lowest BCUT2D eigenvalue weighted by Gasteiger charge is -2.18. The van der Waals surface area contributed by atoms with Crippen LogP contribution >= 0.6 is 0 Å². The molecule has 0 N–H and O–H groups in total. The average Bonchev–Trinajstić information content (AvgIpc) is 3.34. The first-order chi connectivity index (χ1) is 33.5. The monoisotopic (exact) mass is 953 g/mol. The van der Waals surface area contributed by atoms with Crippen molar-refractivity contribution in [3.05, 3.63) is 48.6 Å². The molecule has 0 rings (SSSR count). The first-order valence-corrected chi connectivity index (χ1v) is 29.6. The van der Waals surface area contributed by atoms with E-state index in [2.05, 4.69) is 69.4 Å². The molecule has 0 aromatic heterocycles. The Morgan fingerprint density at radius 1 is 0.294 bits per heavy atom. The second kappa shape index (κ2) is 57.0. The highest BCUT2D eigenvalue weighted by molar-refractivity contribution is 5.71. The molecule has 396 valence electrons. The van der Waals surface area contributed by atoms with Gasteiger partial charge in [-0.15, -0.1) is 0 Å². The summed E-state index contributed by atoms with van der Waals surface area (Å²) in [5, 5.41) is 0. The van der Waals surface area contributed by atoms with Crippen LogP contribution in [-0.4, -0.2) is 37.2 Å². The van der Waals surface area contributed by atoms with Crippen LogP contribution in [0.4, 0.5) is 0 Å². The summed E-state index contributed by atoms with van der Waals surface area (Å²) in [5.74, 6) is -0.892. The Morgan fingerprint density at radius 3 is 0.912 bits per heavy atom. The van der Waals surface area contributed by atoms with Crippen LogP contribution < -0.4 is 0 Å². The Balaban J connectivity index is 4.21. The molecule has 0 saturated carbocycles. The first-order valence-electron chi connectivity index (χ1n) is 29.6. The van der Waals surface area contributed by atoms with Gasteiger partial charge in [-0.25, -0.2) is 0 Å². The lowest BCUT2D eigenvalue weighted by atomic mass is 10.0. The first kappa shape index (κ1) is 65.4. The normalized spacial score (nSPS) is 12.3. The summed E-state index contributed by atoms with van der Waals surface area (Å²) in [4.78, 5) is 38.1. The van der Waals surface area contributed by atoms with Crippen LogP contribution in [0.1, 0.15) is 310 Å². The van der Waals surface area contributed by atoms with E-state index in [-0.39, 0.29) is 31.1 Å². The average molecular weight is 954 g/mol. The number of carbonyl (C=O) groups excluding carboxylic acids is 3. The molecule has 0 radical (unpaired) electrons. The fraction of sp³-hybridized carbons (Fsp3) is 0.823. The van der Waals surface area contributed by atoms with Crippen molar-refractivity contribution in [3.8, 4) is 0 Å². The third-order valence-electron chi connectivity index (χ3n) is 13.0. The van der Waals surface area contributed by atoms with Gasteiger partial charge in [0.05, 0.1) is 0 Å². The lowest BCUT2D eigenvalue weighted by Crippen LogP contribution is -2.30. The molecule has 68 heavy (non-hydrogen) atoms. The van der Waals surface area contributed by atoms with Gasteiger partial charge in [0.1, 0.15) is 13.2 Å². The van der Waals surface area contributed by atoms with Gasteiger partial charge in [0.2, 0.25) is 0 Å². The van der Waals surface area contributed by atoms with Crippen molar-refractivity contribution >= 4 is 17.9 Å². The fourth-order valence-corrected chi connectivity index (χ4v) is 8.53. The predicted octanol–water partition coefficient (Wildman–Crippen LogP) is 19.8. The molecule has 0 aliphatic carbocycles. The zero-order valence-electron chi connectivity index (χ0n) is 45.4. The Bertz CT molecular complexity index is 1190. The third-order valence-corrected chi connectivity index (χ3v) is 13.0. The van der Waals surface area contributed by atoms with Gasteiger partial charge in [-0.2, -0.15) is 0 Å². The van der Waals surface area contributed by atoms with Crippen LogP contribution in [0.25, 0.3) is 0 Å². The highest BCUT2D eigenvalue weighted by Crippen LogP contribution is 2.16. The number of carbonyl (C=O) groups is 3. The number of ether oxygens (including phenoxy) is 3. The summed E-state index contributed by atoms with van der Waals surface area (Å²) in [6.07, 6.45) is 69.8. The Labute approximate surface area is 422 Å². The molecule has 0 aromatic carbocycles. The van der Waals surface area contributed by atoms with Crippen LogP contribution in [0.3, 0.4) is 0 Å². The maximum Gasteiger partial charge on any atom is 0.306 e. The number of hydrogen-bond donors (Lipinski definition) is 0. The van der Waals surface area contributed by atoms with Gasteiger partial charge in [0.15, 0.2) is 6.10 Å². The summed E-state index contributed by atoms with van der Waals surface area (Å²) in [6, 6.07) is 0. The van der Waals surface area contributed by atoms with Crippen molar-refractivity contribution in [3.63, 3.8) is 0 Å². The molecule has 0 fully saturated rings. The summed E-state index contributed by atoms with van der Waals surface area (Å²) in [6.45, 7) is 6.56. The number of esters is 3. The Morgan fingerprint density at radius 2 is 0.559 bits per heavy atom. The topological polar surface area (TPSA) is 78.9 Å². The number of allylic oxidation sites excluding steroid dienone is 8. The second-order valence-corrected chi connectivity index (χ2v) is 19.9. The molecule has 0 aromatic rings. The molecule has 0 spiro atoms. The minimum absolute atomic E-state index is 0.0798. The molecule has 6 nitrogen and oxygen atoms in total. The van der Waals surface area contributed by atoms with E-state index in [0.717, 1.165) is 96.3 Å². The third kappa shape index (κ3) is 54.3. The van der Waals surface area contributed by atoms with Gasteiger partial charge in [-0.05, 0) is 96.3 Å². The number of hydrogen-bond acceptors (Lipinski definition) is 6. The molecule has 0 heterocycles. The molecular weight excluding hydrogens is 841 g/mol. The molecule has 0 bridgehead atoms. The van der Waals surface area contributed by atoms with E-state index >= 15 is 0 Å². The second-order valence-electron chi connectivity index (χ2n) is 19.9. The van der Waals surface area contributed by atoms with Gasteiger partial charge in [0, 0.05) is 19.3 Å². The van der Waals surface area contributed by atoms with Crippen LogP contribution in [0.5, 0.6) is 0 Å². The zero-order valence-corrected chi connectivity index (χ0v) is 45.4. The van der Waals surface area contributed by atoms with Gasteiger partial charge in [-0.1, -0.05) is 243 Å².